The van der Waals surface area contributed by atoms with Crippen molar-refractivity contribution in [1.29, 1.82) is 5.26 Å². The van der Waals surface area contributed by atoms with Gasteiger partial charge in [0.2, 0.25) is 5.91 Å². The lowest BCUT2D eigenvalue weighted by molar-refractivity contribution is -0.123. The van der Waals surface area contributed by atoms with E-state index in [0.717, 1.165) is 4.47 Å². The molecule has 1 rings (SSSR count). The molecule has 6 heteroatoms. The zero-order valence-corrected chi connectivity index (χ0v) is 14.6. The SMILES string of the molecule is CC(C)C(C)(C#N)NC(=O)CN(C)Cc1cc(Br)cs1. The largest absolute Gasteiger partial charge is 0.337 e. The van der Waals surface area contributed by atoms with Crippen molar-refractivity contribution < 1.29 is 4.79 Å². The molecule has 0 aliphatic rings. The van der Waals surface area contributed by atoms with Crippen molar-refractivity contribution in [2.24, 2.45) is 5.92 Å². The Morgan fingerprint density at radius 2 is 2.30 bits per heavy atom. The first-order chi connectivity index (χ1) is 9.26. The van der Waals surface area contributed by atoms with E-state index in [-0.39, 0.29) is 18.4 Å². The number of amides is 1. The van der Waals surface area contributed by atoms with Crippen molar-refractivity contribution in [2.75, 3.05) is 13.6 Å². The third kappa shape index (κ3) is 4.89. The number of rotatable bonds is 6. The van der Waals surface area contributed by atoms with Crippen LogP contribution in [0.5, 0.6) is 0 Å². The molecule has 0 fully saturated rings. The number of halogens is 1. The maximum atomic E-state index is 12.0. The Bertz CT molecular complexity index is 509. The lowest BCUT2D eigenvalue weighted by Crippen LogP contribution is -2.51. The fourth-order valence-corrected chi connectivity index (χ4v) is 3.16. The summed E-state index contributed by atoms with van der Waals surface area (Å²) in [4.78, 5) is 15.1. The van der Waals surface area contributed by atoms with Crippen LogP contribution in [-0.4, -0.2) is 29.9 Å². The summed E-state index contributed by atoms with van der Waals surface area (Å²) in [6.07, 6.45) is 0. The van der Waals surface area contributed by atoms with Crippen LogP contribution in [0.15, 0.2) is 15.9 Å². The highest BCUT2D eigenvalue weighted by molar-refractivity contribution is 9.10. The number of carbonyl (C=O) groups excluding carboxylic acids is 1. The van der Waals surface area contributed by atoms with Gasteiger partial charge in [-0.3, -0.25) is 9.69 Å². The molecule has 1 aromatic rings. The number of nitrogens with zero attached hydrogens (tertiary/aromatic N) is 2. The molecule has 0 spiro atoms. The van der Waals surface area contributed by atoms with Gasteiger partial charge in [-0.15, -0.1) is 11.3 Å². The van der Waals surface area contributed by atoms with Crippen molar-refractivity contribution in [2.45, 2.75) is 32.9 Å². The molecule has 0 saturated heterocycles. The van der Waals surface area contributed by atoms with Crippen molar-refractivity contribution >= 4 is 33.2 Å². The van der Waals surface area contributed by atoms with Crippen molar-refractivity contribution in [3.8, 4) is 6.07 Å². The first-order valence-electron chi connectivity index (χ1n) is 6.40. The number of hydrogen-bond acceptors (Lipinski definition) is 4. The van der Waals surface area contributed by atoms with Crippen LogP contribution in [0.25, 0.3) is 0 Å². The molecular weight excluding hydrogens is 338 g/mol. The molecule has 1 heterocycles. The molecule has 20 heavy (non-hydrogen) atoms. The molecule has 4 nitrogen and oxygen atoms in total. The molecule has 0 radical (unpaired) electrons. The Kier molecular flexibility index (Phi) is 6.18. The van der Waals surface area contributed by atoms with Crippen LogP contribution in [0.3, 0.4) is 0 Å². The van der Waals surface area contributed by atoms with Crippen LogP contribution in [0.2, 0.25) is 0 Å². The highest BCUT2D eigenvalue weighted by Gasteiger charge is 2.30. The summed E-state index contributed by atoms with van der Waals surface area (Å²) in [5.41, 5.74) is -0.816. The van der Waals surface area contributed by atoms with Gasteiger partial charge in [-0.2, -0.15) is 5.26 Å². The Balaban J connectivity index is 2.52. The number of thiophene rings is 1. The fraction of sp³-hybridized carbons (Fsp3) is 0.571. The summed E-state index contributed by atoms with van der Waals surface area (Å²) in [5.74, 6) is -0.0594. The van der Waals surface area contributed by atoms with Gasteiger partial charge in [-0.05, 0) is 41.9 Å². The summed E-state index contributed by atoms with van der Waals surface area (Å²) < 4.78 is 1.06. The van der Waals surface area contributed by atoms with Crippen LogP contribution in [0.4, 0.5) is 0 Å². The number of hydrogen-bond donors (Lipinski definition) is 1. The second-order valence-corrected chi connectivity index (χ2v) is 7.33. The second-order valence-electron chi connectivity index (χ2n) is 5.42. The lowest BCUT2D eigenvalue weighted by Gasteiger charge is -2.28. The van der Waals surface area contributed by atoms with Crippen molar-refractivity contribution in [3.63, 3.8) is 0 Å². The number of nitrogens with one attached hydrogen (secondary N) is 1. The number of carbonyl (C=O) groups is 1. The quantitative estimate of drug-likeness (QED) is 0.851. The van der Waals surface area contributed by atoms with Gasteiger partial charge in [0.15, 0.2) is 0 Å². The Morgan fingerprint density at radius 3 is 2.75 bits per heavy atom. The van der Waals surface area contributed by atoms with Gasteiger partial charge in [-0.25, -0.2) is 0 Å². The van der Waals surface area contributed by atoms with Crippen molar-refractivity contribution in [3.05, 3.63) is 20.8 Å². The number of nitriles is 1. The normalized spacial score (nSPS) is 14.1. The molecule has 1 N–H and O–H groups in total. The van der Waals surface area contributed by atoms with E-state index in [9.17, 15) is 10.1 Å². The van der Waals surface area contributed by atoms with E-state index < -0.39 is 5.54 Å². The topological polar surface area (TPSA) is 56.1 Å². The van der Waals surface area contributed by atoms with Crippen LogP contribution in [0.1, 0.15) is 25.6 Å². The molecule has 1 aromatic heterocycles. The summed E-state index contributed by atoms with van der Waals surface area (Å²) >= 11 is 5.07. The van der Waals surface area contributed by atoms with Gasteiger partial charge < -0.3 is 5.32 Å². The van der Waals surface area contributed by atoms with E-state index in [2.05, 4.69) is 27.3 Å². The van der Waals surface area contributed by atoms with Crippen LogP contribution >= 0.6 is 27.3 Å². The molecule has 1 atom stereocenters. The smallest absolute Gasteiger partial charge is 0.235 e. The molecule has 1 unspecified atom stereocenters. The van der Waals surface area contributed by atoms with Gasteiger partial charge in [0.1, 0.15) is 5.54 Å². The van der Waals surface area contributed by atoms with Crippen LogP contribution in [-0.2, 0) is 11.3 Å². The van der Waals surface area contributed by atoms with E-state index in [1.165, 1.54) is 4.88 Å². The molecule has 0 saturated carbocycles. The lowest BCUT2D eigenvalue weighted by atomic mass is 9.90. The molecule has 0 aliphatic carbocycles. The van der Waals surface area contributed by atoms with Gasteiger partial charge in [0.25, 0.3) is 0 Å². The highest BCUT2D eigenvalue weighted by Crippen LogP contribution is 2.20. The Labute approximate surface area is 132 Å². The first kappa shape index (κ1) is 17.2. The van der Waals surface area contributed by atoms with Crippen molar-refractivity contribution in [1.82, 2.24) is 10.2 Å². The number of likely N-dealkylation sites (N-methyl/N-ethyl adjacent to an activating group) is 1. The molecule has 0 bridgehead atoms. The van der Waals surface area contributed by atoms with Gasteiger partial charge in [0.05, 0.1) is 12.6 Å². The maximum absolute atomic E-state index is 12.0. The Morgan fingerprint density at radius 1 is 1.65 bits per heavy atom. The fourth-order valence-electron chi connectivity index (χ4n) is 1.63. The monoisotopic (exact) mass is 357 g/mol. The first-order valence-corrected chi connectivity index (χ1v) is 8.08. The van der Waals surface area contributed by atoms with E-state index in [0.29, 0.717) is 6.54 Å². The Hall–Kier alpha value is -0.900. The molecule has 0 aromatic carbocycles. The molecule has 1 amide bonds. The minimum atomic E-state index is -0.816. The molecule has 0 aliphatic heterocycles. The minimum Gasteiger partial charge on any atom is -0.337 e. The molecule has 110 valence electrons. The predicted octanol–water partition coefficient (Wildman–Crippen LogP) is 3.00. The zero-order chi connectivity index (χ0) is 15.3. The van der Waals surface area contributed by atoms with Gasteiger partial charge in [0, 0.05) is 21.3 Å². The summed E-state index contributed by atoms with van der Waals surface area (Å²) in [7, 11) is 1.90. The predicted molar refractivity (Wildman–Crippen MR) is 85.4 cm³/mol. The van der Waals surface area contributed by atoms with Crippen LogP contribution < -0.4 is 5.32 Å². The highest BCUT2D eigenvalue weighted by atomic mass is 79.9. The maximum Gasteiger partial charge on any atom is 0.235 e. The average molecular weight is 358 g/mol. The summed E-state index contributed by atoms with van der Waals surface area (Å²) in [6.45, 7) is 6.60. The third-order valence-corrected chi connectivity index (χ3v) is 4.93. The molecular formula is C14H20BrN3OS. The van der Waals surface area contributed by atoms with E-state index in [4.69, 9.17) is 0 Å². The summed E-state index contributed by atoms with van der Waals surface area (Å²) in [5, 5.41) is 14.0. The van der Waals surface area contributed by atoms with E-state index in [1.807, 2.05) is 37.2 Å². The van der Waals surface area contributed by atoms with E-state index in [1.54, 1.807) is 18.3 Å². The zero-order valence-electron chi connectivity index (χ0n) is 12.2. The van der Waals surface area contributed by atoms with Crippen LogP contribution in [0, 0.1) is 17.2 Å². The summed E-state index contributed by atoms with van der Waals surface area (Å²) in [6, 6.07) is 4.23. The average Bonchev–Trinajstić information content (AvgIpc) is 2.73. The van der Waals surface area contributed by atoms with Gasteiger partial charge >= 0.3 is 0 Å². The minimum absolute atomic E-state index is 0.0648. The van der Waals surface area contributed by atoms with Gasteiger partial charge in [-0.1, -0.05) is 13.8 Å². The third-order valence-electron chi connectivity index (χ3n) is 3.25. The van der Waals surface area contributed by atoms with E-state index >= 15 is 0 Å². The second kappa shape index (κ2) is 7.21. The standard InChI is InChI=1S/C14H20BrN3OS/c1-10(2)14(3,9-16)17-13(19)7-18(4)6-12-5-11(15)8-20-12/h5,8,10H,6-7H2,1-4H3,(H,17,19).